The number of carbonyl (C=O) groups is 10. The normalized spacial score (nSPS) is 29.1. The lowest BCUT2D eigenvalue weighted by Crippen LogP contribution is -2.38. The van der Waals surface area contributed by atoms with Crippen molar-refractivity contribution < 1.29 is 47.9 Å². The summed E-state index contributed by atoms with van der Waals surface area (Å²) >= 11 is 1.47. The van der Waals surface area contributed by atoms with Crippen molar-refractivity contribution >= 4 is 75.4 Å². The van der Waals surface area contributed by atoms with Crippen LogP contribution in [0.25, 0.3) is 0 Å². The van der Waals surface area contributed by atoms with E-state index in [1.807, 2.05) is 71.3 Å². The van der Waals surface area contributed by atoms with Gasteiger partial charge in [-0.25, -0.2) is 4.98 Å². The number of Topliss-reactive ketones (excluding diaryl/α,β-unsaturated/α-hetero) is 1. The van der Waals surface area contributed by atoms with E-state index in [1.165, 1.54) is 153 Å². The number of hydrogen-bond donors (Lipinski definition) is 5. The lowest BCUT2D eigenvalue weighted by Gasteiger charge is -2.30. The summed E-state index contributed by atoms with van der Waals surface area (Å²) in [5.74, 6) is 16.5. The molecule has 0 aromatic carbocycles. The minimum Gasteiger partial charge on any atom is -0.356 e. The number of ketones is 1. The van der Waals surface area contributed by atoms with Crippen molar-refractivity contribution in [1.29, 1.82) is 0 Å². The molecule has 5 N–H and O–H groups in total. The molecule has 0 radical (unpaired) electrons. The average Bonchev–Trinajstić information content (AvgIpc) is 1.70. The van der Waals surface area contributed by atoms with Crippen LogP contribution in [-0.4, -0.2) is 165 Å². The van der Waals surface area contributed by atoms with Gasteiger partial charge in [-0.2, -0.15) is 0 Å². The maximum Gasteiger partial charge on any atom is 0.229 e. The molecule has 11 aliphatic rings. The standard InChI is InChI=1S/C13H25NO.C12H21NO.2C12H23NO.C11H16N2OS.C11H21NO.3C10H19NO.C9H16O/c1-10(2)8-9-14-13(15)12-6-4-11(3)5-7-12;1-9-2-6-11(7-3-9)12(14)13-8-10-4-5-10;1-9(2)13(4)12(14)11-7-5-10(3)6-8-11;1-9(2)8-13-12(14)11-6-4-10(3)5-7-11;1-8-2-4-9(5-3-8)10(14)13-11-12-6-7-15-11;1-4-12(3)11(13)10-7-5-9(2)6-8-10;2*1-8-4-6-9(7-5-8)10(12)11(2)3;1-3-11-10(12)9-6-4-8(2)5-7-9;1-7-3-5-9(6-4-7)8(2)10/h10-12H,4-9H2,1-3H3,(H,14,15);9-11H,2-8H2,1H3,(H,13,14);9-11H,5-8H2,1-4H3;9-11H,4-8H2,1-3H3,(H,13,14);6-9H,2-5H2,1H3,(H,12,13,14);9-10H,4-8H2,1-3H3;2*8-9H,4-7H2,1-3H3;8-9H,3-7H2,1-2H3,(H,11,12);7,9H,3-6H2,1-2H3. The van der Waals surface area contributed by atoms with E-state index in [1.54, 1.807) is 22.9 Å². The first-order chi connectivity index (χ1) is 62.0. The van der Waals surface area contributed by atoms with Crippen molar-refractivity contribution in [3.8, 4) is 0 Å². The predicted molar refractivity (Wildman–Crippen MR) is 546 cm³/mol. The van der Waals surface area contributed by atoms with Gasteiger partial charge in [0, 0.05) is 152 Å². The maximum absolute atomic E-state index is 12.0. The largest absolute Gasteiger partial charge is 0.356 e. The van der Waals surface area contributed by atoms with Crippen molar-refractivity contribution in [2.24, 2.45) is 136 Å². The zero-order chi connectivity index (χ0) is 97.8. The molecule has 0 spiro atoms. The Kier molecular flexibility index (Phi) is 61.1. The Morgan fingerprint density at radius 1 is 0.336 bits per heavy atom. The Morgan fingerprint density at radius 3 is 0.870 bits per heavy atom. The molecule has 0 unspecified atom stereocenters. The molecule has 11 aliphatic carbocycles. The van der Waals surface area contributed by atoms with Gasteiger partial charge in [-0.1, -0.05) is 110 Å². The molecule has 1 heterocycles. The van der Waals surface area contributed by atoms with E-state index in [-0.39, 0.29) is 23.6 Å². The Balaban J connectivity index is 0.000000376. The number of nitrogens with zero attached hydrogens (tertiary/aromatic N) is 5. The molecule has 0 aliphatic heterocycles. The van der Waals surface area contributed by atoms with E-state index in [2.05, 4.69) is 142 Å². The highest BCUT2D eigenvalue weighted by atomic mass is 32.1. The molecule has 20 nitrogen and oxygen atoms in total. The van der Waals surface area contributed by atoms with Crippen LogP contribution in [0.1, 0.15) is 408 Å². The molecule has 12 rings (SSSR count). The van der Waals surface area contributed by atoms with Gasteiger partial charge >= 0.3 is 0 Å². The van der Waals surface area contributed by atoms with Crippen LogP contribution >= 0.6 is 11.3 Å². The van der Waals surface area contributed by atoms with Crippen LogP contribution in [0.5, 0.6) is 0 Å². The molecule has 11 saturated carbocycles. The van der Waals surface area contributed by atoms with Gasteiger partial charge in [0.25, 0.3) is 0 Å². The molecule has 0 atom stereocenters. The maximum atomic E-state index is 12.0. The van der Waals surface area contributed by atoms with Gasteiger partial charge in [-0.05, 0) is 375 Å². The highest BCUT2D eigenvalue weighted by Gasteiger charge is 2.34. The van der Waals surface area contributed by atoms with E-state index >= 15 is 0 Å². The van der Waals surface area contributed by atoms with Crippen molar-refractivity contribution in [1.82, 2.24) is 45.9 Å². The van der Waals surface area contributed by atoms with Gasteiger partial charge in [-0.3, -0.25) is 47.9 Å². The number of amides is 9. The average molecular weight is 1860 g/mol. The van der Waals surface area contributed by atoms with Crippen LogP contribution < -0.4 is 26.6 Å². The summed E-state index contributed by atoms with van der Waals surface area (Å²) in [5.41, 5.74) is 0. The van der Waals surface area contributed by atoms with Gasteiger partial charge in [0.1, 0.15) is 5.78 Å². The van der Waals surface area contributed by atoms with E-state index in [4.69, 9.17) is 0 Å². The quantitative estimate of drug-likeness (QED) is 0.0773. The smallest absolute Gasteiger partial charge is 0.229 e. The van der Waals surface area contributed by atoms with Crippen LogP contribution in [0, 0.1) is 136 Å². The number of thiazole rings is 1. The summed E-state index contributed by atoms with van der Waals surface area (Å²) in [6.07, 6.45) is 51.8. The predicted octanol–water partition coefficient (Wildman–Crippen LogP) is 23.9. The van der Waals surface area contributed by atoms with Crippen molar-refractivity contribution in [2.45, 2.75) is 414 Å². The van der Waals surface area contributed by atoms with Crippen molar-refractivity contribution in [3.63, 3.8) is 0 Å². The first kappa shape index (κ1) is 120. The van der Waals surface area contributed by atoms with Gasteiger partial charge in [0.2, 0.25) is 53.2 Å². The summed E-state index contributed by atoms with van der Waals surface area (Å²) in [7, 11) is 11.2. The second-order valence-electron chi connectivity index (χ2n) is 45.1. The third-order valence-corrected chi connectivity index (χ3v) is 31.5. The van der Waals surface area contributed by atoms with Crippen LogP contribution in [0.4, 0.5) is 5.13 Å². The molecule has 0 saturated heterocycles. The van der Waals surface area contributed by atoms with Crippen LogP contribution in [0.15, 0.2) is 11.6 Å². The fraction of sp³-hybridized carbons (Fsp3) is 0.882. The number of nitrogens with one attached hydrogen (secondary N) is 5. The number of rotatable bonds is 21. The zero-order valence-corrected chi connectivity index (χ0v) is 89.5. The summed E-state index contributed by atoms with van der Waals surface area (Å²) in [5, 5.41) is 17.5. The minimum absolute atomic E-state index is 0.150. The van der Waals surface area contributed by atoms with E-state index in [0.29, 0.717) is 112 Å². The summed E-state index contributed by atoms with van der Waals surface area (Å²) in [6, 6.07) is 0.335. The van der Waals surface area contributed by atoms with Gasteiger partial charge in [0.15, 0.2) is 5.13 Å². The highest BCUT2D eigenvalue weighted by molar-refractivity contribution is 7.13. The number of aromatic nitrogens is 1. The van der Waals surface area contributed by atoms with Crippen LogP contribution in [0.2, 0.25) is 0 Å². The Morgan fingerprint density at radius 2 is 0.611 bits per heavy atom. The molecular weight excluding hydrogens is 1650 g/mol. The lowest BCUT2D eigenvalue weighted by molar-refractivity contribution is -0.137. The first-order valence-corrected chi connectivity index (χ1v) is 54.7. The monoisotopic (exact) mass is 1860 g/mol. The van der Waals surface area contributed by atoms with Crippen LogP contribution in [0.3, 0.4) is 0 Å². The number of anilines is 1. The van der Waals surface area contributed by atoms with Crippen LogP contribution in [-0.2, 0) is 47.9 Å². The summed E-state index contributed by atoms with van der Waals surface area (Å²) < 4.78 is 0. The van der Waals surface area contributed by atoms with Crippen molar-refractivity contribution in [2.75, 3.05) is 80.3 Å². The fourth-order valence-electron chi connectivity index (χ4n) is 19.6. The SMILES string of the molecule is CC(=O)C1CCC(C)CC1.CC(C)CCNC(=O)C1CCC(C)CC1.CC(C)CNC(=O)C1CCC(C)CC1.CC1CCC(C(=O)N(C)C(C)C)CC1.CC1CCC(C(=O)N(C)C)CC1.CC1CCC(C(=O)N(C)C)CC1.CC1CCC(C(=O)NCC2CC2)CC1.CC1CCC(C(=O)Nc2nccs2)CC1.CCN(C)C(=O)C1CCC(C)CC1.CCNC(=O)C1CCC(C)CC1. The first-order valence-electron chi connectivity index (χ1n) is 53.8. The third-order valence-electron chi connectivity index (χ3n) is 30.8. The Bertz CT molecular complexity index is 3170. The summed E-state index contributed by atoms with van der Waals surface area (Å²) in [4.78, 5) is 127. The molecule has 1 aromatic rings. The Hall–Kier alpha value is -5.47. The Labute approximate surface area is 806 Å². The third kappa shape index (κ3) is 52.0. The lowest BCUT2D eigenvalue weighted by atomic mass is 9.81. The van der Waals surface area contributed by atoms with Gasteiger partial charge in [-0.15, -0.1) is 11.3 Å². The topological polar surface area (TPSA) is 257 Å². The molecule has 21 heteroatoms. The summed E-state index contributed by atoms with van der Waals surface area (Å²) in [6.45, 7) is 45.5. The fourth-order valence-corrected chi connectivity index (χ4v) is 20.2. The second-order valence-corrected chi connectivity index (χ2v) is 46.0. The molecule has 9 amide bonds. The zero-order valence-electron chi connectivity index (χ0n) is 88.7. The minimum atomic E-state index is 0.150. The molecule has 758 valence electrons. The second kappa shape index (κ2) is 66.9. The van der Waals surface area contributed by atoms with E-state index < -0.39 is 0 Å². The van der Waals surface area contributed by atoms with E-state index in [9.17, 15) is 47.9 Å². The molecule has 131 heavy (non-hydrogen) atoms. The number of carbonyl (C=O) groups excluding carboxylic acids is 10. The van der Waals surface area contributed by atoms with Crippen molar-refractivity contribution in [3.05, 3.63) is 11.6 Å². The molecular formula is C110H202N10O10S. The molecule has 11 fully saturated rings. The van der Waals surface area contributed by atoms with Gasteiger partial charge in [0.05, 0.1) is 0 Å². The van der Waals surface area contributed by atoms with Gasteiger partial charge < -0.3 is 46.2 Å². The molecule has 1 aromatic heterocycles. The number of hydrogen-bond acceptors (Lipinski definition) is 12. The van der Waals surface area contributed by atoms with E-state index in [0.717, 1.165) is 238 Å². The molecule has 0 bridgehead atoms. The highest BCUT2D eigenvalue weighted by Crippen LogP contribution is 2.38.